The molecule has 1 amide bonds. The Morgan fingerprint density at radius 2 is 2.00 bits per heavy atom. The summed E-state index contributed by atoms with van der Waals surface area (Å²) in [6, 6.07) is 4.14. The first kappa shape index (κ1) is 19.6. The number of aromatic nitrogens is 3. The predicted molar refractivity (Wildman–Crippen MR) is 100 cm³/mol. The maximum atomic E-state index is 13.2. The minimum Gasteiger partial charge on any atom is -0.493 e. The minimum absolute atomic E-state index is 0.0974. The van der Waals surface area contributed by atoms with E-state index in [1.165, 1.54) is 31.7 Å². The Balaban J connectivity index is 1.59. The normalized spacial score (nSPS) is 19.2. The largest absolute Gasteiger partial charge is 0.493 e. The molecule has 2 aromatic rings. The van der Waals surface area contributed by atoms with Crippen LogP contribution in [0.25, 0.3) is 0 Å². The van der Waals surface area contributed by atoms with Crippen molar-refractivity contribution in [3.63, 3.8) is 0 Å². The van der Waals surface area contributed by atoms with Crippen molar-refractivity contribution in [1.29, 1.82) is 0 Å². The number of halogens is 2. The van der Waals surface area contributed by atoms with E-state index in [0.29, 0.717) is 12.1 Å². The standard InChI is InChI=1S/C20H24F2N4O3/c1-28-16-12-13(8-9-15(16)29-20(21)22)19(27)25-11-5-6-14(25)18-24-23-17-7-3-2-4-10-26(17)18/h8-9,12,14,20H,2-7,10-11H2,1H3. The highest BCUT2D eigenvalue weighted by Gasteiger charge is 2.35. The molecule has 1 atom stereocenters. The van der Waals surface area contributed by atoms with Crippen LogP contribution in [-0.4, -0.2) is 45.8 Å². The second kappa shape index (κ2) is 8.34. The van der Waals surface area contributed by atoms with E-state index in [4.69, 9.17) is 4.74 Å². The van der Waals surface area contributed by atoms with Gasteiger partial charge in [-0.25, -0.2) is 0 Å². The number of aryl methyl sites for hydroxylation is 1. The molecule has 7 nitrogen and oxygen atoms in total. The van der Waals surface area contributed by atoms with Gasteiger partial charge in [-0.1, -0.05) is 6.42 Å². The number of ether oxygens (including phenoxy) is 2. The summed E-state index contributed by atoms with van der Waals surface area (Å²) >= 11 is 0. The number of rotatable bonds is 5. The fourth-order valence-electron chi connectivity index (χ4n) is 4.19. The van der Waals surface area contributed by atoms with Crippen molar-refractivity contribution in [3.05, 3.63) is 35.4 Å². The van der Waals surface area contributed by atoms with Gasteiger partial charge in [0.25, 0.3) is 5.91 Å². The maximum Gasteiger partial charge on any atom is 0.387 e. The lowest BCUT2D eigenvalue weighted by Crippen LogP contribution is -2.32. The topological polar surface area (TPSA) is 69.5 Å². The number of carbonyl (C=O) groups excluding carboxylic acids is 1. The van der Waals surface area contributed by atoms with Crippen LogP contribution in [0.15, 0.2) is 18.2 Å². The zero-order valence-corrected chi connectivity index (χ0v) is 16.3. The van der Waals surface area contributed by atoms with E-state index in [1.54, 1.807) is 4.90 Å². The number of hydrogen-bond donors (Lipinski definition) is 0. The molecule has 1 aromatic carbocycles. The van der Waals surface area contributed by atoms with Crippen LogP contribution in [0.5, 0.6) is 11.5 Å². The van der Waals surface area contributed by atoms with Gasteiger partial charge >= 0.3 is 6.61 Å². The summed E-state index contributed by atoms with van der Waals surface area (Å²) in [6.45, 7) is -1.47. The highest BCUT2D eigenvalue weighted by Crippen LogP contribution is 2.35. The van der Waals surface area contributed by atoms with Gasteiger partial charge in [0.2, 0.25) is 0 Å². The molecule has 0 spiro atoms. The molecule has 2 aliphatic heterocycles. The lowest BCUT2D eigenvalue weighted by atomic mass is 10.1. The van der Waals surface area contributed by atoms with Crippen LogP contribution in [0.1, 0.15) is 60.2 Å². The monoisotopic (exact) mass is 406 g/mol. The van der Waals surface area contributed by atoms with Crippen LogP contribution in [0, 0.1) is 0 Å². The SMILES string of the molecule is COc1cc(C(=O)N2CCCC2c2nnc3n2CCCCC3)ccc1OC(F)F. The number of carbonyl (C=O) groups is 1. The number of methoxy groups -OCH3 is 1. The maximum absolute atomic E-state index is 13.2. The minimum atomic E-state index is -2.96. The number of likely N-dealkylation sites (tertiary alicyclic amines) is 1. The third kappa shape index (κ3) is 3.90. The number of nitrogens with zero attached hydrogens (tertiary/aromatic N) is 4. The molecule has 156 valence electrons. The van der Waals surface area contributed by atoms with E-state index < -0.39 is 6.61 Å². The van der Waals surface area contributed by atoms with Gasteiger partial charge in [0.1, 0.15) is 5.82 Å². The van der Waals surface area contributed by atoms with Gasteiger partial charge < -0.3 is 18.9 Å². The zero-order valence-electron chi connectivity index (χ0n) is 16.3. The highest BCUT2D eigenvalue weighted by atomic mass is 19.3. The van der Waals surface area contributed by atoms with Gasteiger partial charge in [0.15, 0.2) is 17.3 Å². The van der Waals surface area contributed by atoms with E-state index in [9.17, 15) is 13.6 Å². The lowest BCUT2D eigenvalue weighted by molar-refractivity contribution is -0.0512. The van der Waals surface area contributed by atoms with Crippen LogP contribution in [0.3, 0.4) is 0 Å². The summed E-state index contributed by atoms with van der Waals surface area (Å²) < 4.78 is 36.8. The van der Waals surface area contributed by atoms with Crippen molar-refractivity contribution in [3.8, 4) is 11.5 Å². The number of amides is 1. The van der Waals surface area contributed by atoms with Gasteiger partial charge in [-0.2, -0.15) is 8.78 Å². The molecule has 0 N–H and O–H groups in total. The highest BCUT2D eigenvalue weighted by molar-refractivity contribution is 5.95. The number of hydrogen-bond acceptors (Lipinski definition) is 5. The molecule has 1 aromatic heterocycles. The van der Waals surface area contributed by atoms with Crippen molar-refractivity contribution < 1.29 is 23.0 Å². The summed E-state index contributed by atoms with van der Waals surface area (Å²) in [4.78, 5) is 15.0. The molecule has 0 bridgehead atoms. The van der Waals surface area contributed by atoms with Crippen molar-refractivity contribution >= 4 is 5.91 Å². The van der Waals surface area contributed by atoms with E-state index in [0.717, 1.165) is 50.3 Å². The average Bonchev–Trinajstić information content (AvgIpc) is 3.28. The van der Waals surface area contributed by atoms with Gasteiger partial charge in [-0.3, -0.25) is 4.79 Å². The number of benzene rings is 1. The molecule has 1 unspecified atom stereocenters. The summed E-state index contributed by atoms with van der Waals surface area (Å²) in [6.07, 6.45) is 5.98. The molecule has 3 heterocycles. The molecular formula is C20H24F2N4O3. The van der Waals surface area contributed by atoms with Crippen LogP contribution in [0.4, 0.5) is 8.78 Å². The summed E-state index contributed by atoms with van der Waals surface area (Å²) in [5.74, 6) is 1.66. The van der Waals surface area contributed by atoms with Crippen LogP contribution >= 0.6 is 0 Å². The lowest BCUT2D eigenvalue weighted by Gasteiger charge is -2.25. The number of alkyl halides is 2. The third-order valence-corrected chi connectivity index (χ3v) is 5.58. The molecule has 9 heteroatoms. The first-order chi connectivity index (χ1) is 14.1. The van der Waals surface area contributed by atoms with Crippen molar-refractivity contribution in [2.75, 3.05) is 13.7 Å². The molecule has 0 radical (unpaired) electrons. The van der Waals surface area contributed by atoms with Crippen molar-refractivity contribution in [2.45, 2.75) is 57.7 Å². The van der Waals surface area contributed by atoms with E-state index in [-0.39, 0.29) is 23.4 Å². The Morgan fingerprint density at radius 3 is 2.79 bits per heavy atom. The Labute approximate surface area is 167 Å². The summed E-state index contributed by atoms with van der Waals surface area (Å²) in [5.41, 5.74) is 0.367. The molecule has 0 saturated carbocycles. The van der Waals surface area contributed by atoms with E-state index >= 15 is 0 Å². The Morgan fingerprint density at radius 1 is 1.14 bits per heavy atom. The van der Waals surface area contributed by atoms with Crippen molar-refractivity contribution in [1.82, 2.24) is 19.7 Å². The van der Waals surface area contributed by atoms with Gasteiger partial charge in [-0.05, 0) is 43.9 Å². The molecule has 0 aliphatic carbocycles. The van der Waals surface area contributed by atoms with Gasteiger partial charge in [0, 0.05) is 25.1 Å². The van der Waals surface area contributed by atoms with Crippen LogP contribution < -0.4 is 9.47 Å². The van der Waals surface area contributed by atoms with Gasteiger partial charge in [-0.15, -0.1) is 10.2 Å². The quantitative estimate of drug-likeness (QED) is 0.759. The molecule has 1 saturated heterocycles. The molecule has 4 rings (SSSR count). The molecule has 1 fully saturated rings. The second-order valence-electron chi connectivity index (χ2n) is 7.34. The van der Waals surface area contributed by atoms with E-state index in [1.807, 2.05) is 0 Å². The molecule has 29 heavy (non-hydrogen) atoms. The van der Waals surface area contributed by atoms with Crippen LogP contribution in [0.2, 0.25) is 0 Å². The number of fused-ring (bicyclic) bond motifs is 1. The Kier molecular flexibility index (Phi) is 5.64. The summed E-state index contributed by atoms with van der Waals surface area (Å²) in [5, 5.41) is 8.78. The first-order valence-corrected chi connectivity index (χ1v) is 9.94. The van der Waals surface area contributed by atoms with Crippen molar-refractivity contribution in [2.24, 2.45) is 0 Å². The Bertz CT molecular complexity index is 887. The third-order valence-electron chi connectivity index (χ3n) is 5.58. The van der Waals surface area contributed by atoms with Gasteiger partial charge in [0.05, 0.1) is 13.2 Å². The Hall–Kier alpha value is -2.71. The average molecular weight is 406 g/mol. The molecule has 2 aliphatic rings. The molecular weight excluding hydrogens is 382 g/mol. The van der Waals surface area contributed by atoms with E-state index in [2.05, 4.69) is 19.5 Å². The zero-order chi connectivity index (χ0) is 20.4. The first-order valence-electron chi connectivity index (χ1n) is 9.94. The fourth-order valence-corrected chi connectivity index (χ4v) is 4.19. The summed E-state index contributed by atoms with van der Waals surface area (Å²) in [7, 11) is 1.35. The second-order valence-corrected chi connectivity index (χ2v) is 7.34. The van der Waals surface area contributed by atoms with Crippen LogP contribution in [-0.2, 0) is 13.0 Å². The fraction of sp³-hybridized carbons (Fsp3) is 0.550. The smallest absolute Gasteiger partial charge is 0.387 e. The predicted octanol–water partition coefficient (Wildman–Crippen LogP) is 3.59.